The maximum absolute atomic E-state index is 11.8. The Morgan fingerprint density at radius 2 is 2.24 bits per heavy atom. The highest BCUT2D eigenvalue weighted by Gasteiger charge is 2.25. The van der Waals surface area contributed by atoms with E-state index in [0.717, 1.165) is 43.6 Å². The van der Waals surface area contributed by atoms with Gasteiger partial charge in [-0.15, -0.1) is 0 Å². The van der Waals surface area contributed by atoms with Crippen molar-refractivity contribution in [1.29, 1.82) is 0 Å². The number of carbonyl (C=O) groups is 1. The molecule has 1 saturated heterocycles. The standard InChI is InChI=1S/C17H24N2O2/c1-12(20)19-10-4-5-13-7-8-14(11-16(13)19)17(21)15-6-2-3-9-18-15/h7-8,11,15,17-18,21H,2-6,9-10H2,1H3. The van der Waals surface area contributed by atoms with Crippen LogP contribution in [0, 0.1) is 0 Å². The summed E-state index contributed by atoms with van der Waals surface area (Å²) in [6.45, 7) is 3.37. The van der Waals surface area contributed by atoms with E-state index in [1.165, 1.54) is 18.4 Å². The number of piperidine rings is 1. The second-order valence-corrected chi connectivity index (χ2v) is 6.16. The lowest BCUT2D eigenvalue weighted by Crippen LogP contribution is -2.39. The fourth-order valence-corrected chi connectivity index (χ4v) is 3.48. The zero-order chi connectivity index (χ0) is 14.8. The molecule has 2 N–H and O–H groups in total. The van der Waals surface area contributed by atoms with Crippen LogP contribution in [0.5, 0.6) is 0 Å². The predicted molar refractivity (Wildman–Crippen MR) is 83.4 cm³/mol. The molecule has 4 heteroatoms. The summed E-state index contributed by atoms with van der Waals surface area (Å²) in [7, 11) is 0. The van der Waals surface area contributed by atoms with Gasteiger partial charge in [-0.05, 0) is 49.4 Å². The van der Waals surface area contributed by atoms with Gasteiger partial charge in [-0.3, -0.25) is 4.79 Å². The first-order valence-electron chi connectivity index (χ1n) is 7.99. The number of aliphatic hydroxyl groups excluding tert-OH is 1. The van der Waals surface area contributed by atoms with Crippen LogP contribution in [-0.2, 0) is 11.2 Å². The van der Waals surface area contributed by atoms with Crippen LogP contribution in [0.25, 0.3) is 0 Å². The Morgan fingerprint density at radius 3 is 2.95 bits per heavy atom. The molecule has 3 rings (SSSR count). The molecule has 2 atom stereocenters. The Labute approximate surface area is 126 Å². The molecule has 1 fully saturated rings. The number of nitrogens with one attached hydrogen (secondary N) is 1. The summed E-state index contributed by atoms with van der Waals surface area (Å²) in [5, 5.41) is 14.0. The average molecular weight is 288 g/mol. The van der Waals surface area contributed by atoms with Gasteiger partial charge in [0.15, 0.2) is 0 Å². The van der Waals surface area contributed by atoms with Crippen molar-refractivity contribution in [2.24, 2.45) is 0 Å². The van der Waals surface area contributed by atoms with Gasteiger partial charge in [0.2, 0.25) is 5.91 Å². The number of fused-ring (bicyclic) bond motifs is 1. The van der Waals surface area contributed by atoms with E-state index in [-0.39, 0.29) is 11.9 Å². The van der Waals surface area contributed by atoms with Crippen molar-refractivity contribution < 1.29 is 9.90 Å². The number of carbonyl (C=O) groups excluding carboxylic acids is 1. The van der Waals surface area contributed by atoms with E-state index in [4.69, 9.17) is 0 Å². The molecule has 0 bridgehead atoms. The highest BCUT2D eigenvalue weighted by Crippen LogP contribution is 2.32. The lowest BCUT2D eigenvalue weighted by molar-refractivity contribution is -0.116. The van der Waals surface area contributed by atoms with Gasteiger partial charge in [-0.1, -0.05) is 18.6 Å². The summed E-state index contributed by atoms with van der Waals surface area (Å²) in [6, 6.07) is 6.23. The van der Waals surface area contributed by atoms with Crippen LogP contribution >= 0.6 is 0 Å². The zero-order valence-corrected chi connectivity index (χ0v) is 12.6. The summed E-state index contributed by atoms with van der Waals surface area (Å²) in [6.07, 6.45) is 4.89. The third-order valence-corrected chi connectivity index (χ3v) is 4.68. The summed E-state index contributed by atoms with van der Waals surface area (Å²) >= 11 is 0. The fraction of sp³-hybridized carbons (Fsp3) is 0.588. The fourth-order valence-electron chi connectivity index (χ4n) is 3.48. The SMILES string of the molecule is CC(=O)N1CCCc2ccc(C(O)C3CCCCN3)cc21. The predicted octanol–water partition coefficient (Wildman–Crippen LogP) is 2.16. The molecule has 1 amide bonds. The largest absolute Gasteiger partial charge is 0.387 e. The maximum Gasteiger partial charge on any atom is 0.223 e. The molecule has 2 aliphatic heterocycles. The van der Waals surface area contributed by atoms with Crippen molar-refractivity contribution in [3.63, 3.8) is 0 Å². The minimum absolute atomic E-state index is 0.0818. The Balaban J connectivity index is 1.87. The van der Waals surface area contributed by atoms with E-state index in [1.54, 1.807) is 6.92 Å². The van der Waals surface area contributed by atoms with E-state index in [2.05, 4.69) is 11.4 Å². The summed E-state index contributed by atoms with van der Waals surface area (Å²) in [4.78, 5) is 13.6. The number of anilines is 1. The van der Waals surface area contributed by atoms with Crippen LogP contribution in [0.4, 0.5) is 5.69 Å². The second kappa shape index (κ2) is 6.16. The van der Waals surface area contributed by atoms with Crippen molar-refractivity contribution in [2.45, 2.75) is 51.2 Å². The number of nitrogens with zero attached hydrogens (tertiary/aromatic N) is 1. The van der Waals surface area contributed by atoms with E-state index in [9.17, 15) is 9.90 Å². The number of aliphatic hydroxyl groups is 1. The molecule has 1 aromatic rings. The minimum Gasteiger partial charge on any atom is -0.387 e. The van der Waals surface area contributed by atoms with Gasteiger partial charge >= 0.3 is 0 Å². The van der Waals surface area contributed by atoms with Gasteiger partial charge < -0.3 is 15.3 Å². The normalized spacial score (nSPS) is 23.5. The highest BCUT2D eigenvalue weighted by atomic mass is 16.3. The molecule has 2 heterocycles. The van der Waals surface area contributed by atoms with Crippen molar-refractivity contribution in [3.05, 3.63) is 29.3 Å². The topological polar surface area (TPSA) is 52.6 Å². The third-order valence-electron chi connectivity index (χ3n) is 4.68. The van der Waals surface area contributed by atoms with Gasteiger partial charge in [-0.25, -0.2) is 0 Å². The van der Waals surface area contributed by atoms with Crippen LogP contribution in [-0.4, -0.2) is 30.1 Å². The Kier molecular flexibility index (Phi) is 4.27. The lowest BCUT2D eigenvalue weighted by Gasteiger charge is -2.32. The Hall–Kier alpha value is -1.39. The molecule has 1 aromatic carbocycles. The van der Waals surface area contributed by atoms with Crippen LogP contribution in [0.15, 0.2) is 18.2 Å². The number of hydrogen-bond donors (Lipinski definition) is 2. The van der Waals surface area contributed by atoms with Crippen molar-refractivity contribution in [2.75, 3.05) is 18.0 Å². The Bertz CT molecular complexity index is 524. The molecule has 2 unspecified atom stereocenters. The Morgan fingerprint density at radius 1 is 1.38 bits per heavy atom. The summed E-state index contributed by atoms with van der Waals surface area (Å²) in [5.41, 5.74) is 3.12. The first-order chi connectivity index (χ1) is 10.2. The van der Waals surface area contributed by atoms with Crippen molar-refractivity contribution in [3.8, 4) is 0 Å². The summed E-state index contributed by atoms with van der Waals surface area (Å²) < 4.78 is 0. The quantitative estimate of drug-likeness (QED) is 0.877. The maximum atomic E-state index is 11.8. The van der Waals surface area contributed by atoms with Crippen molar-refractivity contribution in [1.82, 2.24) is 5.32 Å². The van der Waals surface area contributed by atoms with Gasteiger partial charge in [0.1, 0.15) is 0 Å². The monoisotopic (exact) mass is 288 g/mol. The molecule has 2 aliphatic rings. The molecule has 0 aliphatic carbocycles. The van der Waals surface area contributed by atoms with Gasteiger partial charge in [0, 0.05) is 25.2 Å². The third kappa shape index (κ3) is 2.97. The zero-order valence-electron chi connectivity index (χ0n) is 12.6. The van der Waals surface area contributed by atoms with E-state index in [1.807, 2.05) is 17.0 Å². The number of hydrogen-bond acceptors (Lipinski definition) is 3. The first-order valence-corrected chi connectivity index (χ1v) is 7.99. The highest BCUT2D eigenvalue weighted by molar-refractivity contribution is 5.92. The van der Waals surface area contributed by atoms with Crippen LogP contribution < -0.4 is 10.2 Å². The van der Waals surface area contributed by atoms with E-state index >= 15 is 0 Å². The number of rotatable bonds is 2. The van der Waals surface area contributed by atoms with Crippen molar-refractivity contribution >= 4 is 11.6 Å². The van der Waals surface area contributed by atoms with E-state index in [0.29, 0.717) is 0 Å². The molecule has 0 aromatic heterocycles. The number of amides is 1. The number of aryl methyl sites for hydroxylation is 1. The van der Waals surface area contributed by atoms with Crippen LogP contribution in [0.1, 0.15) is 49.8 Å². The second-order valence-electron chi connectivity index (χ2n) is 6.16. The number of benzene rings is 1. The summed E-state index contributed by atoms with van der Waals surface area (Å²) in [5.74, 6) is 0.0818. The molecule has 4 nitrogen and oxygen atoms in total. The first kappa shape index (κ1) is 14.5. The molecule has 114 valence electrons. The lowest BCUT2D eigenvalue weighted by atomic mass is 9.92. The van der Waals surface area contributed by atoms with Gasteiger partial charge in [-0.2, -0.15) is 0 Å². The molecule has 0 spiro atoms. The molecular formula is C17H24N2O2. The smallest absolute Gasteiger partial charge is 0.223 e. The average Bonchev–Trinajstić information content (AvgIpc) is 2.53. The van der Waals surface area contributed by atoms with Gasteiger partial charge in [0.25, 0.3) is 0 Å². The molecule has 0 saturated carbocycles. The van der Waals surface area contributed by atoms with E-state index < -0.39 is 6.10 Å². The minimum atomic E-state index is -0.494. The molecule has 21 heavy (non-hydrogen) atoms. The van der Waals surface area contributed by atoms with Gasteiger partial charge in [0.05, 0.1) is 6.10 Å². The van der Waals surface area contributed by atoms with Crippen LogP contribution in [0.2, 0.25) is 0 Å². The van der Waals surface area contributed by atoms with Crippen LogP contribution in [0.3, 0.4) is 0 Å². The molecular weight excluding hydrogens is 264 g/mol. The molecule has 0 radical (unpaired) electrons.